The van der Waals surface area contributed by atoms with E-state index in [1.165, 1.54) is 16.5 Å². The average molecular weight is 322 g/mol. The van der Waals surface area contributed by atoms with E-state index in [0.717, 1.165) is 43.9 Å². The number of nitrogens with one attached hydrogen (secondary N) is 1. The van der Waals surface area contributed by atoms with Gasteiger partial charge in [0, 0.05) is 24.0 Å². The van der Waals surface area contributed by atoms with Gasteiger partial charge in [0.15, 0.2) is 0 Å². The van der Waals surface area contributed by atoms with Crippen LogP contribution < -0.4 is 5.32 Å². The van der Waals surface area contributed by atoms with Crippen LogP contribution in [0.3, 0.4) is 0 Å². The van der Waals surface area contributed by atoms with Crippen molar-refractivity contribution in [3.05, 3.63) is 71.5 Å². The van der Waals surface area contributed by atoms with E-state index >= 15 is 0 Å². The highest BCUT2D eigenvalue weighted by molar-refractivity contribution is 5.82. The van der Waals surface area contributed by atoms with Gasteiger partial charge in [-0.1, -0.05) is 55.5 Å². The maximum absolute atomic E-state index is 6.16. The van der Waals surface area contributed by atoms with E-state index in [-0.39, 0.29) is 0 Å². The van der Waals surface area contributed by atoms with Crippen molar-refractivity contribution < 1.29 is 4.42 Å². The molecule has 126 valence electrons. The molecule has 1 N–H and O–H groups in total. The van der Waals surface area contributed by atoms with Crippen molar-refractivity contribution in [3.63, 3.8) is 0 Å². The Bertz CT molecular complexity index is 764. The lowest BCUT2D eigenvalue weighted by molar-refractivity contribution is 0.290. The molecule has 0 bridgehead atoms. The van der Waals surface area contributed by atoms with E-state index in [9.17, 15) is 0 Å². The van der Waals surface area contributed by atoms with E-state index in [2.05, 4.69) is 72.7 Å². The molecular formula is C21H26N2O. The lowest BCUT2D eigenvalue weighted by Gasteiger charge is -2.16. The highest BCUT2D eigenvalue weighted by Crippen LogP contribution is 2.27. The molecule has 24 heavy (non-hydrogen) atoms. The summed E-state index contributed by atoms with van der Waals surface area (Å²) < 4.78 is 6.16. The zero-order valence-corrected chi connectivity index (χ0v) is 14.6. The fourth-order valence-electron chi connectivity index (χ4n) is 3.06. The standard InChI is InChI=1S/C21H26N2O/c1-3-13-22-14-19-18-11-7-8-12-20(18)24-21(19)16-23(2)15-17-9-5-4-6-10-17/h4-12,22H,3,13-16H2,1-2H3. The minimum absolute atomic E-state index is 0.812. The fraction of sp³-hybridized carbons (Fsp3) is 0.333. The number of fused-ring (bicyclic) bond motifs is 1. The van der Waals surface area contributed by atoms with Crippen molar-refractivity contribution in [2.24, 2.45) is 0 Å². The van der Waals surface area contributed by atoms with Gasteiger partial charge < -0.3 is 9.73 Å². The largest absolute Gasteiger partial charge is 0.459 e. The van der Waals surface area contributed by atoms with Crippen LogP contribution in [0.4, 0.5) is 0 Å². The van der Waals surface area contributed by atoms with E-state index in [0.29, 0.717) is 0 Å². The Morgan fingerprint density at radius 1 is 0.958 bits per heavy atom. The molecule has 0 amide bonds. The molecule has 0 aliphatic heterocycles. The highest BCUT2D eigenvalue weighted by Gasteiger charge is 2.15. The zero-order valence-electron chi connectivity index (χ0n) is 14.6. The van der Waals surface area contributed by atoms with Gasteiger partial charge in [-0.15, -0.1) is 0 Å². The maximum Gasteiger partial charge on any atom is 0.134 e. The molecule has 0 saturated carbocycles. The Hall–Kier alpha value is -2.10. The zero-order chi connectivity index (χ0) is 16.8. The van der Waals surface area contributed by atoms with E-state index < -0.39 is 0 Å². The Labute approximate surface area is 144 Å². The number of rotatable bonds is 8. The molecule has 0 fully saturated rings. The second-order valence-corrected chi connectivity index (χ2v) is 6.33. The van der Waals surface area contributed by atoms with Gasteiger partial charge in [0.05, 0.1) is 6.54 Å². The molecule has 0 atom stereocenters. The lowest BCUT2D eigenvalue weighted by atomic mass is 10.1. The topological polar surface area (TPSA) is 28.4 Å². The van der Waals surface area contributed by atoms with Crippen LogP contribution in [0.25, 0.3) is 11.0 Å². The lowest BCUT2D eigenvalue weighted by Crippen LogP contribution is -2.19. The summed E-state index contributed by atoms with van der Waals surface area (Å²) in [5, 5.41) is 4.74. The van der Waals surface area contributed by atoms with Crippen LogP contribution in [-0.2, 0) is 19.6 Å². The summed E-state index contributed by atoms with van der Waals surface area (Å²) in [5.74, 6) is 1.07. The molecule has 3 aromatic rings. The normalized spacial score (nSPS) is 11.5. The smallest absolute Gasteiger partial charge is 0.134 e. The van der Waals surface area contributed by atoms with Crippen molar-refractivity contribution in [2.75, 3.05) is 13.6 Å². The molecule has 0 spiro atoms. The second-order valence-electron chi connectivity index (χ2n) is 6.33. The number of para-hydroxylation sites is 1. The first kappa shape index (κ1) is 16.7. The molecule has 0 radical (unpaired) electrons. The van der Waals surface area contributed by atoms with Crippen molar-refractivity contribution in [1.29, 1.82) is 0 Å². The van der Waals surface area contributed by atoms with E-state index in [1.807, 2.05) is 6.07 Å². The summed E-state index contributed by atoms with van der Waals surface area (Å²) in [6.07, 6.45) is 1.14. The molecule has 2 aromatic carbocycles. The van der Waals surface area contributed by atoms with Crippen LogP contribution in [0.15, 0.2) is 59.0 Å². The van der Waals surface area contributed by atoms with E-state index in [1.54, 1.807) is 0 Å². The van der Waals surface area contributed by atoms with Crippen molar-refractivity contribution in [2.45, 2.75) is 33.0 Å². The number of hydrogen-bond acceptors (Lipinski definition) is 3. The van der Waals surface area contributed by atoms with Gasteiger partial charge in [0.1, 0.15) is 11.3 Å². The summed E-state index contributed by atoms with van der Waals surface area (Å²) >= 11 is 0. The number of benzene rings is 2. The van der Waals surface area contributed by atoms with Gasteiger partial charge in [0.25, 0.3) is 0 Å². The molecule has 1 heterocycles. The summed E-state index contributed by atoms with van der Waals surface area (Å²) in [5.41, 5.74) is 3.59. The average Bonchev–Trinajstić information content (AvgIpc) is 2.93. The molecular weight excluding hydrogens is 296 g/mol. The SMILES string of the molecule is CCCNCc1c(CN(C)Cc2ccccc2)oc2ccccc12. The van der Waals surface area contributed by atoms with Gasteiger partial charge in [-0.2, -0.15) is 0 Å². The monoisotopic (exact) mass is 322 g/mol. The Balaban J connectivity index is 1.78. The molecule has 1 aromatic heterocycles. The molecule has 3 heteroatoms. The summed E-state index contributed by atoms with van der Waals surface area (Å²) in [7, 11) is 2.14. The third kappa shape index (κ3) is 4.05. The van der Waals surface area contributed by atoms with E-state index in [4.69, 9.17) is 4.42 Å². The second kappa shape index (κ2) is 8.13. The molecule has 0 unspecified atom stereocenters. The number of furan rings is 1. The van der Waals surface area contributed by atoms with Crippen LogP contribution in [0, 0.1) is 0 Å². The molecule has 3 rings (SSSR count). The predicted octanol–water partition coefficient (Wildman–Crippen LogP) is 4.56. The minimum Gasteiger partial charge on any atom is -0.459 e. The first-order valence-corrected chi connectivity index (χ1v) is 8.70. The Kier molecular flexibility index (Phi) is 5.68. The van der Waals surface area contributed by atoms with Crippen molar-refractivity contribution >= 4 is 11.0 Å². The summed E-state index contributed by atoms with van der Waals surface area (Å²) in [6, 6.07) is 18.9. The third-order valence-electron chi connectivity index (χ3n) is 4.22. The quantitative estimate of drug-likeness (QED) is 0.616. The van der Waals surface area contributed by atoms with Crippen LogP contribution in [0.2, 0.25) is 0 Å². The van der Waals surface area contributed by atoms with Crippen molar-refractivity contribution in [1.82, 2.24) is 10.2 Å². The van der Waals surface area contributed by atoms with Crippen molar-refractivity contribution in [3.8, 4) is 0 Å². The molecule has 3 nitrogen and oxygen atoms in total. The number of nitrogens with zero attached hydrogens (tertiary/aromatic N) is 1. The molecule has 0 aliphatic rings. The third-order valence-corrected chi connectivity index (χ3v) is 4.22. The first-order valence-electron chi connectivity index (χ1n) is 8.70. The van der Waals surface area contributed by atoms with Gasteiger partial charge >= 0.3 is 0 Å². The minimum atomic E-state index is 0.812. The molecule has 0 aliphatic carbocycles. The van der Waals surface area contributed by atoms with Crippen LogP contribution in [0.1, 0.15) is 30.2 Å². The molecule has 0 saturated heterocycles. The van der Waals surface area contributed by atoms with Crippen LogP contribution in [-0.4, -0.2) is 18.5 Å². The maximum atomic E-state index is 6.16. The summed E-state index contributed by atoms with van der Waals surface area (Å²) in [4.78, 5) is 2.30. The highest BCUT2D eigenvalue weighted by atomic mass is 16.3. The Morgan fingerprint density at radius 3 is 2.50 bits per heavy atom. The van der Waals surface area contributed by atoms with Crippen LogP contribution in [0.5, 0.6) is 0 Å². The predicted molar refractivity (Wildman–Crippen MR) is 99.8 cm³/mol. The van der Waals surface area contributed by atoms with Gasteiger partial charge in [-0.05, 0) is 31.6 Å². The number of hydrogen-bond donors (Lipinski definition) is 1. The van der Waals surface area contributed by atoms with Gasteiger partial charge in [-0.25, -0.2) is 0 Å². The van der Waals surface area contributed by atoms with Gasteiger partial charge in [-0.3, -0.25) is 4.90 Å². The fourth-order valence-corrected chi connectivity index (χ4v) is 3.06. The van der Waals surface area contributed by atoms with Gasteiger partial charge in [0.2, 0.25) is 0 Å². The Morgan fingerprint density at radius 2 is 1.71 bits per heavy atom. The first-order chi connectivity index (χ1) is 11.8. The van der Waals surface area contributed by atoms with Crippen LogP contribution >= 0.6 is 0 Å². The summed E-state index contributed by atoms with van der Waals surface area (Å²) in [6.45, 7) is 5.81.